The molecule has 0 radical (unpaired) electrons. The minimum absolute atomic E-state index is 0.0327. The number of phosphoric ester groups is 1. The maximum atomic E-state index is 12.6. The smallest absolute Gasteiger partial charge is 0.306 e. The van der Waals surface area contributed by atoms with Gasteiger partial charge in [0.1, 0.15) is 19.8 Å². The Balaban J connectivity index is 4.41. The van der Waals surface area contributed by atoms with E-state index in [1.807, 2.05) is 21.1 Å². The zero-order chi connectivity index (χ0) is 38.6. The third-order valence-electron chi connectivity index (χ3n) is 8.94. The zero-order valence-corrected chi connectivity index (χ0v) is 35.2. The summed E-state index contributed by atoms with van der Waals surface area (Å²) in [5.74, 6) is -0.853. The van der Waals surface area contributed by atoms with Crippen LogP contribution in [0.3, 0.4) is 0 Å². The van der Waals surface area contributed by atoms with Crippen LogP contribution in [0.15, 0.2) is 24.3 Å². The molecule has 0 heterocycles. The van der Waals surface area contributed by atoms with Crippen molar-refractivity contribution < 1.29 is 42.1 Å². The van der Waals surface area contributed by atoms with Crippen LogP contribution in [0.25, 0.3) is 0 Å². The van der Waals surface area contributed by atoms with Crippen molar-refractivity contribution in [3.05, 3.63) is 24.3 Å². The molecule has 0 rings (SSSR count). The normalized spacial score (nSPS) is 13.9. The number of quaternary nitrogens is 1. The average Bonchev–Trinajstić information content (AvgIpc) is 3.09. The molecular weight excluding hydrogens is 677 g/mol. The van der Waals surface area contributed by atoms with E-state index in [-0.39, 0.29) is 26.1 Å². The van der Waals surface area contributed by atoms with Gasteiger partial charge < -0.3 is 27.9 Å². The molecule has 0 bridgehead atoms. The second-order valence-corrected chi connectivity index (χ2v) is 16.8. The molecule has 0 aromatic carbocycles. The SMILES string of the molecule is CCCCCC/C=C\CCCCCCCC(=O)OC[C@H](COP(=O)([O-])OCC[N+](C)(C)C)OC(=O)CCCCCCC/C=C\CCCCCCCC. The fraction of sp³-hybridized carbons (Fsp3) is 0.857. The van der Waals surface area contributed by atoms with Crippen LogP contribution in [-0.4, -0.2) is 70.0 Å². The Morgan fingerprint density at radius 3 is 1.44 bits per heavy atom. The number of hydrogen-bond acceptors (Lipinski definition) is 8. The lowest BCUT2D eigenvalue weighted by molar-refractivity contribution is -0.870. The van der Waals surface area contributed by atoms with Gasteiger partial charge in [-0.1, -0.05) is 128 Å². The molecule has 0 spiro atoms. The number of nitrogens with zero attached hydrogens (tertiary/aromatic N) is 1. The predicted molar refractivity (Wildman–Crippen MR) is 213 cm³/mol. The van der Waals surface area contributed by atoms with E-state index in [4.69, 9.17) is 18.5 Å². The standard InChI is InChI=1S/C42H80NO8P/c1-6-8-10-12-14-16-18-20-21-23-25-27-29-31-33-35-42(45)51-40(39-50-52(46,47)49-37-36-43(3,4)5)38-48-41(44)34-32-30-28-26-24-22-19-17-15-13-11-9-7-2/h17,19-21,40H,6-16,18,22-39H2,1-5H3/b19-17-,21-20-/t40-/m1/s1. The minimum Gasteiger partial charge on any atom is -0.756 e. The van der Waals surface area contributed by atoms with Crippen molar-refractivity contribution in [3.63, 3.8) is 0 Å². The highest BCUT2D eigenvalue weighted by molar-refractivity contribution is 7.45. The van der Waals surface area contributed by atoms with Gasteiger partial charge in [0.05, 0.1) is 27.7 Å². The van der Waals surface area contributed by atoms with Gasteiger partial charge in [0.2, 0.25) is 0 Å². The molecule has 0 saturated carbocycles. The largest absolute Gasteiger partial charge is 0.756 e. The summed E-state index contributed by atoms with van der Waals surface area (Å²) in [5, 5.41) is 0. The Hall–Kier alpha value is -1.51. The molecule has 0 N–H and O–H groups in total. The Bertz CT molecular complexity index is 949. The van der Waals surface area contributed by atoms with Crippen molar-refractivity contribution in [2.75, 3.05) is 47.5 Å². The number of carbonyl (C=O) groups is 2. The molecule has 306 valence electrons. The third-order valence-corrected chi connectivity index (χ3v) is 9.91. The summed E-state index contributed by atoms with van der Waals surface area (Å²) in [6.07, 6.45) is 36.3. The van der Waals surface area contributed by atoms with Crippen molar-refractivity contribution in [2.45, 2.75) is 187 Å². The second kappa shape index (κ2) is 35.2. The van der Waals surface area contributed by atoms with Crippen molar-refractivity contribution in [2.24, 2.45) is 0 Å². The van der Waals surface area contributed by atoms with Crippen LogP contribution in [0.1, 0.15) is 181 Å². The van der Waals surface area contributed by atoms with E-state index < -0.39 is 32.5 Å². The van der Waals surface area contributed by atoms with Crippen molar-refractivity contribution >= 4 is 19.8 Å². The van der Waals surface area contributed by atoms with Gasteiger partial charge in [0.25, 0.3) is 7.82 Å². The van der Waals surface area contributed by atoms with Crippen LogP contribution in [0.5, 0.6) is 0 Å². The Labute approximate surface area is 319 Å². The number of ether oxygens (including phenoxy) is 2. The van der Waals surface area contributed by atoms with Crippen LogP contribution in [-0.2, 0) is 32.7 Å². The number of carbonyl (C=O) groups excluding carboxylic acids is 2. The molecule has 0 aliphatic heterocycles. The van der Waals surface area contributed by atoms with E-state index in [1.54, 1.807) is 0 Å². The van der Waals surface area contributed by atoms with Gasteiger partial charge in [-0.15, -0.1) is 0 Å². The quantitative estimate of drug-likeness (QED) is 0.0201. The lowest BCUT2D eigenvalue weighted by Gasteiger charge is -2.28. The number of phosphoric acid groups is 1. The number of allylic oxidation sites excluding steroid dienone is 4. The fourth-order valence-electron chi connectivity index (χ4n) is 5.58. The first kappa shape index (κ1) is 50.5. The van der Waals surface area contributed by atoms with Gasteiger partial charge in [-0.2, -0.15) is 0 Å². The summed E-state index contributed by atoms with van der Waals surface area (Å²) < 4.78 is 33.8. The van der Waals surface area contributed by atoms with E-state index in [9.17, 15) is 19.0 Å². The first-order valence-corrected chi connectivity index (χ1v) is 22.5. The van der Waals surface area contributed by atoms with Gasteiger partial charge in [-0.3, -0.25) is 14.2 Å². The van der Waals surface area contributed by atoms with E-state index >= 15 is 0 Å². The van der Waals surface area contributed by atoms with Gasteiger partial charge >= 0.3 is 11.9 Å². The molecule has 0 fully saturated rings. The lowest BCUT2D eigenvalue weighted by Crippen LogP contribution is -2.37. The van der Waals surface area contributed by atoms with E-state index in [0.29, 0.717) is 17.4 Å². The monoisotopic (exact) mass is 758 g/mol. The molecule has 10 heteroatoms. The van der Waals surface area contributed by atoms with E-state index in [1.165, 1.54) is 77.0 Å². The number of rotatable bonds is 38. The Morgan fingerprint density at radius 2 is 0.981 bits per heavy atom. The first-order valence-electron chi connectivity index (χ1n) is 21.0. The molecule has 1 unspecified atom stereocenters. The number of esters is 2. The van der Waals surface area contributed by atoms with Crippen LogP contribution < -0.4 is 4.89 Å². The molecule has 9 nitrogen and oxygen atoms in total. The molecule has 0 aromatic heterocycles. The molecule has 0 aliphatic carbocycles. The molecule has 0 aromatic rings. The number of hydrogen-bond donors (Lipinski definition) is 0. The first-order chi connectivity index (χ1) is 25.0. The highest BCUT2D eigenvalue weighted by Crippen LogP contribution is 2.38. The zero-order valence-electron chi connectivity index (χ0n) is 34.3. The maximum absolute atomic E-state index is 12.6. The van der Waals surface area contributed by atoms with Gasteiger partial charge in [0, 0.05) is 12.8 Å². The summed E-state index contributed by atoms with van der Waals surface area (Å²) >= 11 is 0. The molecule has 0 saturated heterocycles. The Morgan fingerprint density at radius 1 is 0.577 bits per heavy atom. The van der Waals surface area contributed by atoms with Crippen molar-refractivity contribution in [1.82, 2.24) is 0 Å². The van der Waals surface area contributed by atoms with Crippen LogP contribution in [0, 0.1) is 0 Å². The fourth-order valence-corrected chi connectivity index (χ4v) is 6.31. The molecule has 2 atom stereocenters. The molecule has 0 aliphatic rings. The summed E-state index contributed by atoms with van der Waals surface area (Å²) in [7, 11) is 1.16. The summed E-state index contributed by atoms with van der Waals surface area (Å²) in [6.45, 7) is 4.18. The van der Waals surface area contributed by atoms with Gasteiger partial charge in [0.15, 0.2) is 6.10 Å². The van der Waals surface area contributed by atoms with Crippen molar-refractivity contribution in [3.8, 4) is 0 Å². The minimum atomic E-state index is -4.62. The third kappa shape index (κ3) is 38.2. The van der Waals surface area contributed by atoms with E-state index in [2.05, 4.69) is 38.2 Å². The highest BCUT2D eigenvalue weighted by atomic mass is 31.2. The summed E-state index contributed by atoms with van der Waals surface area (Å²) in [5.41, 5.74) is 0. The van der Waals surface area contributed by atoms with Crippen molar-refractivity contribution in [1.29, 1.82) is 0 Å². The number of unbranched alkanes of at least 4 members (excludes halogenated alkanes) is 20. The maximum Gasteiger partial charge on any atom is 0.306 e. The van der Waals surface area contributed by atoms with E-state index in [0.717, 1.165) is 70.6 Å². The highest BCUT2D eigenvalue weighted by Gasteiger charge is 2.21. The Kier molecular flexibility index (Phi) is 34.2. The van der Waals surface area contributed by atoms with Crippen LogP contribution >= 0.6 is 7.82 Å². The summed E-state index contributed by atoms with van der Waals surface area (Å²) in [4.78, 5) is 37.4. The molecular formula is C42H80NO8P. The number of likely N-dealkylation sites (N-methyl/N-ethyl adjacent to an activating group) is 1. The topological polar surface area (TPSA) is 111 Å². The van der Waals surface area contributed by atoms with Gasteiger partial charge in [-0.25, -0.2) is 0 Å². The van der Waals surface area contributed by atoms with Crippen LogP contribution in [0.2, 0.25) is 0 Å². The average molecular weight is 758 g/mol. The molecule has 0 amide bonds. The predicted octanol–water partition coefficient (Wildman–Crippen LogP) is 10.9. The summed E-state index contributed by atoms with van der Waals surface area (Å²) in [6, 6.07) is 0. The second-order valence-electron chi connectivity index (χ2n) is 15.3. The van der Waals surface area contributed by atoms with Gasteiger partial charge in [-0.05, 0) is 64.2 Å². The molecule has 52 heavy (non-hydrogen) atoms. The lowest BCUT2D eigenvalue weighted by atomic mass is 10.1. The van der Waals surface area contributed by atoms with Crippen LogP contribution in [0.4, 0.5) is 0 Å².